The van der Waals surface area contributed by atoms with E-state index in [0.717, 1.165) is 32.8 Å². The third-order valence-electron chi connectivity index (χ3n) is 3.21. The van der Waals surface area contributed by atoms with Gasteiger partial charge in [-0.3, -0.25) is 4.90 Å². The van der Waals surface area contributed by atoms with Gasteiger partial charge in [0, 0.05) is 25.2 Å². The minimum atomic E-state index is 0.605. The first kappa shape index (κ1) is 17.9. The van der Waals surface area contributed by atoms with Gasteiger partial charge in [0.1, 0.15) is 0 Å². The van der Waals surface area contributed by atoms with Crippen LogP contribution in [0.3, 0.4) is 0 Å². The van der Waals surface area contributed by atoms with Crippen LogP contribution >= 0.6 is 0 Å². The lowest BCUT2D eigenvalue weighted by molar-refractivity contribution is 0.0765. The van der Waals surface area contributed by atoms with Crippen molar-refractivity contribution in [1.82, 2.24) is 10.2 Å². The zero-order chi connectivity index (χ0) is 13.8. The van der Waals surface area contributed by atoms with Crippen molar-refractivity contribution in [2.45, 2.75) is 66.0 Å². The van der Waals surface area contributed by atoms with Crippen molar-refractivity contribution in [2.24, 2.45) is 0 Å². The Morgan fingerprint density at radius 2 is 1.61 bits per heavy atom. The summed E-state index contributed by atoms with van der Waals surface area (Å²) in [4.78, 5) is 2.48. The maximum atomic E-state index is 5.71. The van der Waals surface area contributed by atoms with Gasteiger partial charge in [-0.05, 0) is 60.0 Å². The van der Waals surface area contributed by atoms with Crippen LogP contribution in [-0.4, -0.2) is 49.8 Å². The highest BCUT2D eigenvalue weighted by atomic mass is 16.5. The molecule has 0 aromatic heterocycles. The number of hydrogen-bond donors (Lipinski definition) is 1. The Labute approximate surface area is 114 Å². The Morgan fingerprint density at radius 1 is 0.944 bits per heavy atom. The predicted molar refractivity (Wildman–Crippen MR) is 80.2 cm³/mol. The minimum Gasteiger partial charge on any atom is -0.380 e. The number of rotatable bonds is 12. The molecular weight excluding hydrogens is 224 g/mol. The normalized spacial score (nSPS) is 12.0. The molecule has 0 heterocycles. The van der Waals surface area contributed by atoms with Crippen molar-refractivity contribution in [1.29, 1.82) is 0 Å². The molecule has 0 aliphatic heterocycles. The smallest absolute Gasteiger partial charge is 0.0593 e. The molecule has 1 N–H and O–H groups in total. The average molecular weight is 258 g/mol. The molecule has 0 amide bonds. The number of nitrogens with one attached hydrogen (secondary N) is 1. The Balaban J connectivity index is 3.33. The van der Waals surface area contributed by atoms with Crippen LogP contribution in [0.15, 0.2) is 0 Å². The Hall–Kier alpha value is -0.120. The average Bonchev–Trinajstić information content (AvgIpc) is 2.30. The van der Waals surface area contributed by atoms with Gasteiger partial charge in [-0.2, -0.15) is 0 Å². The molecule has 0 spiro atoms. The van der Waals surface area contributed by atoms with Crippen LogP contribution in [0.25, 0.3) is 0 Å². The van der Waals surface area contributed by atoms with E-state index < -0.39 is 0 Å². The van der Waals surface area contributed by atoms with Crippen LogP contribution in [0.1, 0.15) is 53.9 Å². The molecule has 0 rings (SSSR count). The van der Waals surface area contributed by atoms with Gasteiger partial charge in [-0.1, -0.05) is 6.92 Å². The number of nitrogens with zero attached hydrogens (tertiary/aromatic N) is 1. The van der Waals surface area contributed by atoms with Crippen LogP contribution in [0.4, 0.5) is 0 Å². The van der Waals surface area contributed by atoms with E-state index in [0.29, 0.717) is 12.1 Å². The second kappa shape index (κ2) is 11.9. The maximum absolute atomic E-state index is 5.71. The van der Waals surface area contributed by atoms with Crippen molar-refractivity contribution in [3.8, 4) is 0 Å². The third kappa shape index (κ3) is 9.86. The van der Waals surface area contributed by atoms with E-state index in [1.54, 1.807) is 0 Å². The lowest BCUT2D eigenvalue weighted by atomic mass is 10.2. The van der Waals surface area contributed by atoms with E-state index in [1.807, 2.05) is 0 Å². The topological polar surface area (TPSA) is 24.5 Å². The molecule has 0 saturated heterocycles. The van der Waals surface area contributed by atoms with Crippen LogP contribution in [0.5, 0.6) is 0 Å². The van der Waals surface area contributed by atoms with E-state index in [4.69, 9.17) is 4.74 Å². The predicted octanol–water partition coefficient (Wildman–Crippen LogP) is 2.90. The summed E-state index contributed by atoms with van der Waals surface area (Å²) in [5.74, 6) is 0. The lowest BCUT2D eigenvalue weighted by Crippen LogP contribution is -2.39. The van der Waals surface area contributed by atoms with Gasteiger partial charge >= 0.3 is 0 Å². The maximum Gasteiger partial charge on any atom is 0.0593 e. The number of hydrogen-bond acceptors (Lipinski definition) is 3. The molecular formula is C15H34N2O. The lowest BCUT2D eigenvalue weighted by Gasteiger charge is -2.30. The Bertz CT molecular complexity index is 164. The molecule has 18 heavy (non-hydrogen) atoms. The summed E-state index contributed by atoms with van der Waals surface area (Å²) in [7, 11) is 0. The first-order valence-corrected chi connectivity index (χ1v) is 7.63. The van der Waals surface area contributed by atoms with E-state index in [2.05, 4.69) is 44.8 Å². The van der Waals surface area contributed by atoms with Crippen molar-refractivity contribution >= 4 is 0 Å². The Morgan fingerprint density at radius 3 is 2.17 bits per heavy atom. The fourth-order valence-corrected chi connectivity index (χ4v) is 2.19. The van der Waals surface area contributed by atoms with Crippen LogP contribution in [0, 0.1) is 0 Å². The van der Waals surface area contributed by atoms with Gasteiger partial charge in [0.15, 0.2) is 0 Å². The zero-order valence-corrected chi connectivity index (χ0v) is 13.2. The second-order valence-corrected chi connectivity index (χ2v) is 5.45. The van der Waals surface area contributed by atoms with E-state index in [1.165, 1.54) is 19.3 Å². The minimum absolute atomic E-state index is 0.605. The first-order valence-electron chi connectivity index (χ1n) is 7.63. The van der Waals surface area contributed by atoms with E-state index in [9.17, 15) is 0 Å². The molecule has 0 saturated carbocycles. The summed E-state index contributed by atoms with van der Waals surface area (Å²) >= 11 is 0. The van der Waals surface area contributed by atoms with Gasteiger partial charge in [0.2, 0.25) is 0 Å². The van der Waals surface area contributed by atoms with Crippen molar-refractivity contribution < 1.29 is 4.74 Å². The van der Waals surface area contributed by atoms with Crippen molar-refractivity contribution in [2.75, 3.05) is 32.8 Å². The van der Waals surface area contributed by atoms with Crippen LogP contribution in [-0.2, 0) is 4.74 Å². The molecule has 0 aliphatic rings. The number of unbranched alkanes of at least 4 members (excludes halogenated alkanes) is 2. The first-order chi connectivity index (χ1) is 8.59. The van der Waals surface area contributed by atoms with E-state index >= 15 is 0 Å². The van der Waals surface area contributed by atoms with Crippen molar-refractivity contribution in [3.63, 3.8) is 0 Å². The molecule has 0 aliphatic carbocycles. The summed E-state index contributed by atoms with van der Waals surface area (Å²) in [6, 6.07) is 1.21. The van der Waals surface area contributed by atoms with Gasteiger partial charge in [-0.15, -0.1) is 0 Å². The molecule has 3 heteroatoms. The molecule has 0 aromatic carbocycles. The fraction of sp³-hybridized carbons (Fsp3) is 1.00. The monoisotopic (exact) mass is 258 g/mol. The highest BCUT2D eigenvalue weighted by Gasteiger charge is 2.12. The summed E-state index contributed by atoms with van der Waals surface area (Å²) in [6.45, 7) is 16.2. The summed E-state index contributed by atoms with van der Waals surface area (Å²) < 4.78 is 5.71. The molecule has 3 nitrogen and oxygen atoms in total. The summed E-state index contributed by atoms with van der Waals surface area (Å²) in [6.07, 6.45) is 3.72. The molecule has 0 unspecified atom stereocenters. The van der Waals surface area contributed by atoms with Gasteiger partial charge in [-0.25, -0.2) is 0 Å². The highest BCUT2D eigenvalue weighted by Crippen LogP contribution is 2.04. The fourth-order valence-electron chi connectivity index (χ4n) is 2.19. The highest BCUT2D eigenvalue weighted by molar-refractivity contribution is 4.66. The summed E-state index contributed by atoms with van der Waals surface area (Å²) in [5, 5.41) is 3.34. The van der Waals surface area contributed by atoms with Gasteiger partial charge in [0.05, 0.1) is 6.61 Å². The SMILES string of the molecule is CCNCCCCCOCCN(C(C)C)C(C)C. The van der Waals surface area contributed by atoms with E-state index in [-0.39, 0.29) is 0 Å². The standard InChI is InChI=1S/C15H34N2O/c1-6-16-10-8-7-9-12-18-13-11-17(14(2)3)15(4)5/h14-16H,6-13H2,1-5H3. The second-order valence-electron chi connectivity index (χ2n) is 5.45. The van der Waals surface area contributed by atoms with Crippen molar-refractivity contribution in [3.05, 3.63) is 0 Å². The Kier molecular flexibility index (Phi) is 11.9. The third-order valence-corrected chi connectivity index (χ3v) is 3.21. The molecule has 0 atom stereocenters. The molecule has 0 bridgehead atoms. The van der Waals surface area contributed by atoms with Gasteiger partial charge in [0.25, 0.3) is 0 Å². The summed E-state index contributed by atoms with van der Waals surface area (Å²) in [5.41, 5.74) is 0. The molecule has 0 radical (unpaired) electrons. The largest absolute Gasteiger partial charge is 0.380 e. The van der Waals surface area contributed by atoms with Crippen LogP contribution in [0.2, 0.25) is 0 Å². The molecule has 0 fully saturated rings. The quantitative estimate of drug-likeness (QED) is 0.545. The van der Waals surface area contributed by atoms with Gasteiger partial charge < -0.3 is 10.1 Å². The zero-order valence-electron chi connectivity index (χ0n) is 13.2. The van der Waals surface area contributed by atoms with Crippen LogP contribution < -0.4 is 5.32 Å². The molecule has 0 aromatic rings. The number of ether oxygens (including phenoxy) is 1. The molecule has 110 valence electrons.